The Hall–Kier alpha value is -1.93. The maximum Gasteiger partial charge on any atom is 0.245 e. The SMILES string of the molecule is CC(=O)N[C@@H](CCS(C)=O)C(=O)N1CC[C@@H]2O[C@@H]3c4ccccc4OC(C)(C)[C@H]3C[C@@H]2C1. The van der Waals surface area contributed by atoms with Gasteiger partial charge in [-0.25, -0.2) is 0 Å². The molecule has 4 rings (SSSR count). The summed E-state index contributed by atoms with van der Waals surface area (Å²) in [5, 5.41) is 2.76. The molecule has 176 valence electrons. The van der Waals surface area contributed by atoms with E-state index in [1.54, 1.807) is 6.26 Å². The fourth-order valence-electron chi connectivity index (χ4n) is 5.46. The molecular formula is C24H34N2O5S. The number of nitrogens with zero attached hydrogens (tertiary/aromatic N) is 1. The standard InChI is InChI=1S/C24H34N2O5S/c1-15(27)25-19(10-12-32(4)29)23(28)26-11-9-20-16(14-26)13-18-22(30-20)17-7-5-6-8-21(17)31-24(18,2)3/h5-8,16,18-20,22H,9-14H2,1-4H3,(H,25,27)/t16-,18+,19+,20+,22-,32?/m1/s1. The minimum absolute atomic E-state index is 0.00473. The smallest absolute Gasteiger partial charge is 0.245 e. The number of hydrogen-bond donors (Lipinski definition) is 1. The van der Waals surface area contributed by atoms with Crippen LogP contribution in [0.2, 0.25) is 0 Å². The molecule has 0 bridgehead atoms. The molecule has 0 radical (unpaired) electrons. The van der Waals surface area contributed by atoms with E-state index in [2.05, 4.69) is 25.2 Å². The van der Waals surface area contributed by atoms with E-state index in [1.807, 2.05) is 23.1 Å². The van der Waals surface area contributed by atoms with Crippen LogP contribution in [0, 0.1) is 11.8 Å². The lowest BCUT2D eigenvalue weighted by Gasteiger charge is -2.53. The highest BCUT2D eigenvalue weighted by molar-refractivity contribution is 7.84. The molecule has 1 aromatic carbocycles. The first-order chi connectivity index (χ1) is 15.2. The molecule has 2 amide bonds. The topological polar surface area (TPSA) is 84.9 Å². The molecule has 0 saturated carbocycles. The van der Waals surface area contributed by atoms with E-state index in [0.29, 0.717) is 25.3 Å². The van der Waals surface area contributed by atoms with Gasteiger partial charge in [-0.3, -0.25) is 13.8 Å². The Morgan fingerprint density at radius 2 is 2.06 bits per heavy atom. The van der Waals surface area contributed by atoms with Gasteiger partial charge >= 0.3 is 0 Å². The number of hydrogen-bond acceptors (Lipinski definition) is 5. The highest BCUT2D eigenvalue weighted by Gasteiger charge is 2.51. The Kier molecular flexibility index (Phi) is 6.63. The number of carbonyl (C=O) groups excluding carboxylic acids is 2. The maximum atomic E-state index is 13.2. The Balaban J connectivity index is 1.48. The monoisotopic (exact) mass is 462 g/mol. The lowest BCUT2D eigenvalue weighted by molar-refractivity contribution is -0.189. The molecule has 3 heterocycles. The van der Waals surface area contributed by atoms with Gasteiger partial charge in [0.25, 0.3) is 0 Å². The van der Waals surface area contributed by atoms with E-state index < -0.39 is 16.8 Å². The molecule has 6 atom stereocenters. The van der Waals surface area contributed by atoms with E-state index in [0.717, 1.165) is 24.2 Å². The van der Waals surface area contributed by atoms with Crippen molar-refractivity contribution in [1.29, 1.82) is 0 Å². The largest absolute Gasteiger partial charge is 0.487 e. The van der Waals surface area contributed by atoms with Gasteiger partial charge in [-0.1, -0.05) is 18.2 Å². The Morgan fingerprint density at radius 3 is 2.78 bits per heavy atom. The van der Waals surface area contributed by atoms with Crippen molar-refractivity contribution < 1.29 is 23.3 Å². The van der Waals surface area contributed by atoms with Gasteiger partial charge in [-0.05, 0) is 39.2 Å². The molecule has 1 N–H and O–H groups in total. The average molecular weight is 463 g/mol. The predicted molar refractivity (Wildman–Crippen MR) is 123 cm³/mol. The van der Waals surface area contributed by atoms with Gasteiger partial charge in [0.1, 0.15) is 17.4 Å². The zero-order valence-electron chi connectivity index (χ0n) is 19.3. The second-order valence-corrected chi connectivity index (χ2v) is 11.4. The molecule has 1 aromatic rings. The fraction of sp³-hybridized carbons (Fsp3) is 0.667. The average Bonchev–Trinajstić information content (AvgIpc) is 2.74. The molecule has 8 heteroatoms. The highest BCUT2D eigenvalue weighted by atomic mass is 32.2. The Morgan fingerprint density at radius 1 is 1.31 bits per heavy atom. The molecule has 1 unspecified atom stereocenters. The normalized spacial score (nSPS) is 30.1. The number of benzene rings is 1. The zero-order valence-corrected chi connectivity index (χ0v) is 20.2. The van der Waals surface area contributed by atoms with E-state index >= 15 is 0 Å². The van der Waals surface area contributed by atoms with Crippen LogP contribution in [0.4, 0.5) is 0 Å². The van der Waals surface area contributed by atoms with E-state index in [1.165, 1.54) is 6.92 Å². The second kappa shape index (κ2) is 9.14. The number of likely N-dealkylation sites (tertiary alicyclic amines) is 1. The molecule has 2 saturated heterocycles. The van der Waals surface area contributed by atoms with Crippen LogP contribution in [0.1, 0.15) is 51.7 Å². The van der Waals surface area contributed by atoms with E-state index in [4.69, 9.17) is 9.47 Å². The van der Waals surface area contributed by atoms with Gasteiger partial charge in [0.05, 0.1) is 12.2 Å². The second-order valence-electron chi connectivity index (χ2n) is 9.83. The van der Waals surface area contributed by atoms with Crippen molar-refractivity contribution in [3.05, 3.63) is 29.8 Å². The van der Waals surface area contributed by atoms with E-state index in [9.17, 15) is 13.8 Å². The first kappa shape index (κ1) is 23.2. The van der Waals surface area contributed by atoms with Crippen LogP contribution >= 0.6 is 0 Å². The fourth-order valence-corrected chi connectivity index (χ4v) is 6.03. The molecule has 3 aliphatic rings. The number of piperidine rings is 1. The lowest BCUT2D eigenvalue weighted by Crippen LogP contribution is -2.58. The van der Waals surface area contributed by atoms with Crippen molar-refractivity contribution in [2.24, 2.45) is 11.8 Å². The van der Waals surface area contributed by atoms with Gasteiger partial charge in [-0.15, -0.1) is 0 Å². The van der Waals surface area contributed by atoms with Crippen molar-refractivity contribution in [1.82, 2.24) is 10.2 Å². The van der Waals surface area contributed by atoms with E-state index in [-0.39, 0.29) is 41.5 Å². The number of nitrogens with one attached hydrogen (secondary N) is 1. The molecule has 3 aliphatic heterocycles. The van der Waals surface area contributed by atoms with Crippen LogP contribution in [0.15, 0.2) is 24.3 Å². The first-order valence-corrected chi connectivity index (χ1v) is 13.2. The number of para-hydroxylation sites is 1. The van der Waals surface area contributed by atoms with Crippen molar-refractivity contribution in [3.63, 3.8) is 0 Å². The number of amides is 2. The number of ether oxygens (including phenoxy) is 2. The maximum absolute atomic E-state index is 13.2. The number of carbonyl (C=O) groups is 2. The zero-order chi connectivity index (χ0) is 23.0. The molecule has 7 nitrogen and oxygen atoms in total. The minimum Gasteiger partial charge on any atom is -0.487 e. The van der Waals surface area contributed by atoms with Crippen LogP contribution in [0.5, 0.6) is 5.75 Å². The summed E-state index contributed by atoms with van der Waals surface area (Å²) in [6.45, 7) is 6.86. The molecule has 0 spiro atoms. The summed E-state index contributed by atoms with van der Waals surface area (Å²) >= 11 is 0. The lowest BCUT2D eigenvalue weighted by atomic mass is 9.70. The third-order valence-corrected chi connectivity index (χ3v) is 7.89. The summed E-state index contributed by atoms with van der Waals surface area (Å²) in [5.74, 6) is 1.37. The van der Waals surface area contributed by atoms with Crippen molar-refractivity contribution in [3.8, 4) is 5.75 Å². The van der Waals surface area contributed by atoms with Crippen LogP contribution in [0.3, 0.4) is 0 Å². The third-order valence-electron chi connectivity index (χ3n) is 7.08. The summed E-state index contributed by atoms with van der Waals surface area (Å²) in [6.07, 6.45) is 3.79. The molecule has 0 aliphatic carbocycles. The van der Waals surface area contributed by atoms with Gasteiger partial charge in [0.2, 0.25) is 11.8 Å². The Labute approximate surface area is 192 Å². The van der Waals surface area contributed by atoms with Gasteiger partial charge in [0.15, 0.2) is 0 Å². The minimum atomic E-state index is -1.02. The quantitative estimate of drug-likeness (QED) is 0.727. The summed E-state index contributed by atoms with van der Waals surface area (Å²) in [7, 11) is -1.02. The summed E-state index contributed by atoms with van der Waals surface area (Å²) < 4.78 is 24.6. The molecular weight excluding hydrogens is 428 g/mol. The van der Waals surface area contributed by atoms with Crippen molar-refractivity contribution >= 4 is 22.6 Å². The van der Waals surface area contributed by atoms with Gasteiger partial charge < -0.3 is 19.7 Å². The van der Waals surface area contributed by atoms with Crippen LogP contribution < -0.4 is 10.1 Å². The van der Waals surface area contributed by atoms with Crippen molar-refractivity contribution in [2.75, 3.05) is 25.1 Å². The molecule has 32 heavy (non-hydrogen) atoms. The van der Waals surface area contributed by atoms with Crippen LogP contribution in [-0.2, 0) is 25.1 Å². The highest BCUT2D eigenvalue weighted by Crippen LogP contribution is 2.52. The predicted octanol–water partition coefficient (Wildman–Crippen LogP) is 2.43. The molecule has 2 fully saturated rings. The van der Waals surface area contributed by atoms with Crippen LogP contribution in [0.25, 0.3) is 0 Å². The van der Waals surface area contributed by atoms with Gasteiger partial charge in [0, 0.05) is 60.2 Å². The molecule has 0 aromatic heterocycles. The summed E-state index contributed by atoms with van der Waals surface area (Å²) in [6, 6.07) is 7.49. The van der Waals surface area contributed by atoms with Crippen molar-refractivity contribution in [2.45, 2.75) is 63.9 Å². The van der Waals surface area contributed by atoms with Crippen LogP contribution in [-0.4, -0.2) is 63.8 Å². The Bertz CT molecular complexity index is 904. The van der Waals surface area contributed by atoms with Gasteiger partial charge in [-0.2, -0.15) is 0 Å². The summed E-state index contributed by atoms with van der Waals surface area (Å²) in [4.78, 5) is 26.7. The third kappa shape index (κ3) is 4.71. The number of rotatable bonds is 5. The summed E-state index contributed by atoms with van der Waals surface area (Å²) in [5.41, 5.74) is 0.757. The first-order valence-electron chi connectivity index (χ1n) is 11.4. The number of fused-ring (bicyclic) bond motifs is 4.